The van der Waals surface area contributed by atoms with Gasteiger partial charge >= 0.3 is 6.98 Å². The van der Waals surface area contributed by atoms with Gasteiger partial charge in [-0.1, -0.05) is 23.7 Å². The molecule has 96 valence electrons. The second kappa shape index (κ2) is 6.54. The van der Waals surface area contributed by atoms with Crippen LogP contribution in [-0.4, -0.2) is 27.3 Å². The summed E-state index contributed by atoms with van der Waals surface area (Å²) >= 11 is 0. The van der Waals surface area contributed by atoms with E-state index in [2.05, 4.69) is 0 Å². The SMILES string of the molecule is COCCCCOc1ccccc1[B-](F)(F)F. The van der Waals surface area contributed by atoms with Crippen LogP contribution in [0.1, 0.15) is 12.8 Å². The number of methoxy groups -OCH3 is 1. The van der Waals surface area contributed by atoms with Crippen LogP contribution in [0.5, 0.6) is 5.75 Å². The van der Waals surface area contributed by atoms with E-state index in [0.717, 1.165) is 12.5 Å². The molecule has 0 spiro atoms. The molecule has 1 rings (SSSR count). The fourth-order valence-corrected chi connectivity index (χ4v) is 1.41. The zero-order chi connectivity index (χ0) is 12.7. The molecular weight excluding hydrogens is 232 g/mol. The number of para-hydroxylation sites is 1. The molecule has 0 radical (unpaired) electrons. The van der Waals surface area contributed by atoms with Gasteiger partial charge in [0.25, 0.3) is 0 Å². The summed E-state index contributed by atoms with van der Waals surface area (Å²) in [6, 6.07) is 5.30. The van der Waals surface area contributed by atoms with Gasteiger partial charge in [0.15, 0.2) is 0 Å². The highest BCUT2D eigenvalue weighted by Crippen LogP contribution is 2.17. The van der Waals surface area contributed by atoms with Crippen LogP contribution < -0.4 is 10.2 Å². The zero-order valence-electron chi connectivity index (χ0n) is 9.67. The summed E-state index contributed by atoms with van der Waals surface area (Å²) in [7, 11) is 1.59. The summed E-state index contributed by atoms with van der Waals surface area (Å²) in [4.78, 5) is 0. The smallest absolute Gasteiger partial charge is 0.497 e. The molecular formula is C11H15BF3O2-. The average Bonchev–Trinajstić information content (AvgIpc) is 2.28. The van der Waals surface area contributed by atoms with Crippen LogP contribution in [0.25, 0.3) is 0 Å². The minimum atomic E-state index is -5.02. The van der Waals surface area contributed by atoms with E-state index in [1.165, 1.54) is 18.2 Å². The molecule has 0 bridgehead atoms. The molecule has 0 aliphatic heterocycles. The van der Waals surface area contributed by atoms with Crippen LogP contribution in [0, 0.1) is 0 Å². The number of hydrogen-bond acceptors (Lipinski definition) is 2. The summed E-state index contributed by atoms with van der Waals surface area (Å²) in [6.07, 6.45) is 1.45. The zero-order valence-corrected chi connectivity index (χ0v) is 9.67. The Morgan fingerprint density at radius 2 is 1.71 bits per heavy atom. The van der Waals surface area contributed by atoms with Gasteiger partial charge in [-0.05, 0) is 18.9 Å². The first kappa shape index (κ1) is 13.9. The lowest BCUT2D eigenvalue weighted by Gasteiger charge is -2.19. The van der Waals surface area contributed by atoms with Gasteiger partial charge in [-0.15, -0.1) is 0 Å². The predicted octanol–water partition coefficient (Wildman–Crippen LogP) is 2.55. The van der Waals surface area contributed by atoms with E-state index in [0.29, 0.717) is 13.0 Å². The molecule has 0 N–H and O–H groups in total. The molecule has 0 saturated carbocycles. The number of hydrogen-bond donors (Lipinski definition) is 0. The van der Waals surface area contributed by atoms with E-state index in [9.17, 15) is 12.9 Å². The van der Waals surface area contributed by atoms with Gasteiger partial charge in [0.2, 0.25) is 0 Å². The second-order valence-corrected chi connectivity index (χ2v) is 3.66. The number of ether oxygens (including phenoxy) is 2. The van der Waals surface area contributed by atoms with Crippen molar-refractivity contribution in [2.45, 2.75) is 12.8 Å². The Balaban J connectivity index is 2.53. The highest BCUT2D eigenvalue weighted by Gasteiger charge is 2.28. The van der Waals surface area contributed by atoms with E-state index in [-0.39, 0.29) is 12.4 Å². The summed E-state index contributed by atoms with van der Waals surface area (Å²) in [5, 5.41) is 0. The minimum Gasteiger partial charge on any atom is -0.497 e. The summed E-state index contributed by atoms with van der Waals surface area (Å²) in [5.41, 5.74) is -0.667. The molecule has 0 atom stereocenters. The molecule has 6 heteroatoms. The maximum absolute atomic E-state index is 12.6. The molecule has 0 heterocycles. The van der Waals surface area contributed by atoms with Gasteiger partial charge in [0.1, 0.15) is 0 Å². The molecule has 17 heavy (non-hydrogen) atoms. The molecule has 1 aromatic carbocycles. The van der Waals surface area contributed by atoms with Gasteiger partial charge in [-0.25, -0.2) is 0 Å². The lowest BCUT2D eigenvalue weighted by atomic mass is 9.79. The van der Waals surface area contributed by atoms with E-state index >= 15 is 0 Å². The lowest BCUT2D eigenvalue weighted by Crippen LogP contribution is -2.35. The first-order valence-corrected chi connectivity index (χ1v) is 5.46. The number of halogens is 3. The lowest BCUT2D eigenvalue weighted by molar-refractivity contribution is 0.184. The first-order chi connectivity index (χ1) is 8.05. The molecule has 0 saturated heterocycles. The Morgan fingerprint density at radius 1 is 1.06 bits per heavy atom. The summed E-state index contributed by atoms with van der Waals surface area (Å²) in [5.74, 6) is -0.0857. The topological polar surface area (TPSA) is 18.5 Å². The van der Waals surface area contributed by atoms with E-state index in [1.807, 2.05) is 0 Å². The van der Waals surface area contributed by atoms with E-state index in [4.69, 9.17) is 9.47 Å². The van der Waals surface area contributed by atoms with Gasteiger partial charge in [0, 0.05) is 13.7 Å². The monoisotopic (exact) mass is 247 g/mol. The Labute approximate surface area is 98.8 Å². The third-order valence-electron chi connectivity index (χ3n) is 2.27. The van der Waals surface area contributed by atoms with Crippen molar-refractivity contribution < 1.29 is 22.4 Å². The van der Waals surface area contributed by atoms with Crippen molar-refractivity contribution in [2.24, 2.45) is 0 Å². The largest absolute Gasteiger partial charge is 0.513 e. The minimum absolute atomic E-state index is 0.0857. The fraction of sp³-hybridized carbons (Fsp3) is 0.455. The van der Waals surface area contributed by atoms with Crippen molar-refractivity contribution >= 4 is 12.4 Å². The maximum Gasteiger partial charge on any atom is 0.513 e. The molecule has 0 amide bonds. The van der Waals surface area contributed by atoms with Crippen molar-refractivity contribution in [3.8, 4) is 5.75 Å². The van der Waals surface area contributed by atoms with Crippen molar-refractivity contribution in [1.82, 2.24) is 0 Å². The summed E-state index contributed by atoms with van der Waals surface area (Å²) in [6.45, 7) is -4.15. The predicted molar refractivity (Wildman–Crippen MR) is 61.8 cm³/mol. The van der Waals surface area contributed by atoms with Gasteiger partial charge in [0.05, 0.1) is 12.4 Å². The van der Waals surface area contributed by atoms with Crippen molar-refractivity contribution in [1.29, 1.82) is 0 Å². The van der Waals surface area contributed by atoms with Crippen LogP contribution in [0.15, 0.2) is 24.3 Å². The first-order valence-electron chi connectivity index (χ1n) is 5.46. The maximum atomic E-state index is 12.6. The number of rotatable bonds is 7. The van der Waals surface area contributed by atoms with E-state index < -0.39 is 12.4 Å². The van der Waals surface area contributed by atoms with E-state index in [1.54, 1.807) is 7.11 Å². The van der Waals surface area contributed by atoms with Gasteiger partial charge in [-0.2, -0.15) is 0 Å². The molecule has 0 unspecified atom stereocenters. The van der Waals surface area contributed by atoms with Crippen LogP contribution in [0.2, 0.25) is 0 Å². The Kier molecular flexibility index (Phi) is 5.35. The van der Waals surface area contributed by atoms with Crippen molar-refractivity contribution in [3.63, 3.8) is 0 Å². The summed E-state index contributed by atoms with van der Waals surface area (Å²) < 4.78 is 47.9. The van der Waals surface area contributed by atoms with Crippen LogP contribution in [0.3, 0.4) is 0 Å². The van der Waals surface area contributed by atoms with Crippen LogP contribution in [0.4, 0.5) is 12.9 Å². The van der Waals surface area contributed by atoms with Crippen molar-refractivity contribution in [3.05, 3.63) is 24.3 Å². The van der Waals surface area contributed by atoms with Crippen LogP contribution in [-0.2, 0) is 4.74 Å². The Morgan fingerprint density at radius 3 is 2.35 bits per heavy atom. The van der Waals surface area contributed by atoms with Crippen molar-refractivity contribution in [2.75, 3.05) is 20.3 Å². The highest BCUT2D eigenvalue weighted by atomic mass is 19.4. The molecule has 0 fully saturated rings. The highest BCUT2D eigenvalue weighted by molar-refractivity contribution is 6.74. The Hall–Kier alpha value is -1.17. The molecule has 0 aromatic heterocycles. The molecule has 2 nitrogen and oxygen atoms in total. The Bertz CT molecular complexity index is 342. The average molecular weight is 247 g/mol. The molecule has 1 aromatic rings. The third kappa shape index (κ3) is 4.69. The third-order valence-corrected chi connectivity index (χ3v) is 2.27. The van der Waals surface area contributed by atoms with Gasteiger partial charge < -0.3 is 22.4 Å². The fourth-order valence-electron chi connectivity index (χ4n) is 1.41. The quantitative estimate of drug-likeness (QED) is 0.544. The number of benzene rings is 1. The molecule has 0 aliphatic carbocycles. The second-order valence-electron chi connectivity index (χ2n) is 3.66. The van der Waals surface area contributed by atoms with Crippen LogP contribution >= 0.6 is 0 Å². The normalized spacial score (nSPS) is 11.5. The standard InChI is InChI=1S/C11H15BF3O2/c1-16-8-4-5-9-17-11-7-3-2-6-10(11)12(13,14)15/h2-3,6-7H,4-5,8-9H2,1H3/q-1. The number of unbranched alkanes of at least 4 members (excludes halogenated alkanes) is 1. The molecule has 0 aliphatic rings. The van der Waals surface area contributed by atoms with Gasteiger partial charge in [-0.3, -0.25) is 0 Å².